The Bertz CT molecular complexity index is 841. The molecule has 1 heterocycles. The van der Waals surface area contributed by atoms with Gasteiger partial charge in [0.1, 0.15) is 22.9 Å². The van der Waals surface area contributed by atoms with Gasteiger partial charge in [0.05, 0.1) is 12.8 Å². The molecular formula is C19H20N2O3. The number of ether oxygens (including phenoxy) is 2. The molecule has 0 aliphatic rings. The lowest BCUT2D eigenvalue weighted by Gasteiger charge is -2.12. The Balaban J connectivity index is 2.08. The minimum atomic E-state index is 0.105. The maximum atomic E-state index is 10.4. The maximum absolute atomic E-state index is 10.4. The Morgan fingerprint density at radius 3 is 2.58 bits per heavy atom. The predicted octanol–water partition coefficient (Wildman–Crippen LogP) is 4.45. The van der Waals surface area contributed by atoms with E-state index in [0.717, 1.165) is 17.7 Å². The van der Waals surface area contributed by atoms with Gasteiger partial charge in [0.25, 0.3) is 0 Å². The molecule has 2 aromatic carbocycles. The van der Waals surface area contributed by atoms with E-state index < -0.39 is 0 Å². The van der Waals surface area contributed by atoms with E-state index >= 15 is 0 Å². The number of methoxy groups -OCH3 is 1. The second-order valence-electron chi connectivity index (χ2n) is 5.48. The van der Waals surface area contributed by atoms with Gasteiger partial charge >= 0.3 is 0 Å². The van der Waals surface area contributed by atoms with Gasteiger partial charge in [0.15, 0.2) is 5.75 Å². The number of nitrogens with zero attached hydrogens (tertiary/aromatic N) is 1. The van der Waals surface area contributed by atoms with Gasteiger partial charge in [-0.3, -0.25) is 5.10 Å². The summed E-state index contributed by atoms with van der Waals surface area (Å²) in [6.07, 6.45) is 0.786. The average molecular weight is 324 g/mol. The number of hydrogen-bond acceptors (Lipinski definition) is 4. The fraction of sp³-hybridized carbons (Fsp3) is 0.211. The first-order valence-electron chi connectivity index (χ1n) is 7.82. The molecule has 0 radical (unpaired) electrons. The maximum Gasteiger partial charge on any atom is 0.176 e. The van der Waals surface area contributed by atoms with Gasteiger partial charge in [0, 0.05) is 11.6 Å². The van der Waals surface area contributed by atoms with Crippen LogP contribution in [0.15, 0.2) is 42.5 Å². The molecule has 0 amide bonds. The summed E-state index contributed by atoms with van der Waals surface area (Å²) in [6, 6.07) is 13.0. The normalized spacial score (nSPS) is 10.6. The van der Waals surface area contributed by atoms with E-state index in [4.69, 9.17) is 9.47 Å². The first-order valence-corrected chi connectivity index (χ1v) is 7.82. The molecule has 1 aromatic heterocycles. The van der Waals surface area contributed by atoms with E-state index in [0.29, 0.717) is 28.5 Å². The van der Waals surface area contributed by atoms with Crippen LogP contribution in [0, 0.1) is 6.92 Å². The second kappa shape index (κ2) is 6.66. The van der Waals surface area contributed by atoms with Crippen molar-refractivity contribution >= 4 is 0 Å². The van der Waals surface area contributed by atoms with E-state index in [1.807, 2.05) is 50.2 Å². The highest BCUT2D eigenvalue weighted by Crippen LogP contribution is 2.41. The van der Waals surface area contributed by atoms with Crippen molar-refractivity contribution in [2.75, 3.05) is 7.11 Å². The molecule has 5 heteroatoms. The van der Waals surface area contributed by atoms with Gasteiger partial charge in [0.2, 0.25) is 0 Å². The summed E-state index contributed by atoms with van der Waals surface area (Å²) >= 11 is 0. The number of H-pyrrole nitrogens is 1. The zero-order chi connectivity index (χ0) is 17.1. The lowest BCUT2D eigenvalue weighted by atomic mass is 10.0. The summed E-state index contributed by atoms with van der Waals surface area (Å²) in [5.74, 6) is 2.08. The third kappa shape index (κ3) is 2.93. The molecule has 0 atom stereocenters. The van der Waals surface area contributed by atoms with E-state index in [2.05, 4.69) is 10.2 Å². The summed E-state index contributed by atoms with van der Waals surface area (Å²) < 4.78 is 11.3. The number of rotatable bonds is 5. The topological polar surface area (TPSA) is 67.4 Å². The van der Waals surface area contributed by atoms with Crippen molar-refractivity contribution in [3.05, 3.63) is 53.7 Å². The Kier molecular flexibility index (Phi) is 4.42. The van der Waals surface area contributed by atoms with Crippen LogP contribution in [0.3, 0.4) is 0 Å². The van der Waals surface area contributed by atoms with E-state index in [1.54, 1.807) is 13.2 Å². The van der Waals surface area contributed by atoms with Crippen LogP contribution < -0.4 is 9.47 Å². The SMILES string of the molecule is CCc1cc(-c2n[nH]c(C)c2Oc2ccccc2)c(O)cc1OC. The van der Waals surface area contributed by atoms with Crippen molar-refractivity contribution in [1.82, 2.24) is 10.2 Å². The van der Waals surface area contributed by atoms with Crippen molar-refractivity contribution in [3.63, 3.8) is 0 Å². The molecule has 0 aliphatic carbocycles. The number of phenolic OH excluding ortho intramolecular Hbond substituents is 1. The largest absolute Gasteiger partial charge is 0.507 e. The van der Waals surface area contributed by atoms with Crippen molar-refractivity contribution in [1.29, 1.82) is 0 Å². The molecule has 0 saturated heterocycles. The number of aromatic hydroxyl groups is 1. The Labute approximate surface area is 140 Å². The number of nitrogens with one attached hydrogen (secondary N) is 1. The van der Waals surface area contributed by atoms with Gasteiger partial charge in [-0.05, 0) is 37.1 Å². The standard InChI is InChI=1S/C19H20N2O3/c1-4-13-10-15(16(22)11-17(13)23-3)18-19(12(2)20-21-18)24-14-8-6-5-7-9-14/h5-11,22H,4H2,1-3H3,(H,20,21). The number of aromatic nitrogens is 2. The summed E-state index contributed by atoms with van der Waals surface area (Å²) in [4.78, 5) is 0. The van der Waals surface area contributed by atoms with Crippen molar-refractivity contribution < 1.29 is 14.6 Å². The van der Waals surface area contributed by atoms with Crippen molar-refractivity contribution in [3.8, 4) is 34.3 Å². The highest BCUT2D eigenvalue weighted by Gasteiger charge is 2.19. The Morgan fingerprint density at radius 1 is 1.17 bits per heavy atom. The number of benzene rings is 2. The summed E-state index contributed by atoms with van der Waals surface area (Å²) in [5, 5.41) is 17.7. The number of para-hydroxylation sites is 1. The zero-order valence-electron chi connectivity index (χ0n) is 14.0. The fourth-order valence-electron chi connectivity index (χ4n) is 2.60. The molecule has 0 fully saturated rings. The van der Waals surface area contributed by atoms with Gasteiger partial charge in [-0.25, -0.2) is 0 Å². The van der Waals surface area contributed by atoms with Crippen LogP contribution in [0.2, 0.25) is 0 Å². The predicted molar refractivity (Wildman–Crippen MR) is 92.9 cm³/mol. The van der Waals surface area contributed by atoms with Crippen LogP contribution in [0.1, 0.15) is 18.2 Å². The Hall–Kier alpha value is -2.95. The fourth-order valence-corrected chi connectivity index (χ4v) is 2.60. The van der Waals surface area contributed by atoms with E-state index in [-0.39, 0.29) is 5.75 Å². The minimum Gasteiger partial charge on any atom is -0.507 e. The number of phenols is 1. The number of aryl methyl sites for hydroxylation is 2. The first-order chi connectivity index (χ1) is 11.6. The van der Waals surface area contributed by atoms with Crippen molar-refractivity contribution in [2.24, 2.45) is 0 Å². The minimum absolute atomic E-state index is 0.105. The Morgan fingerprint density at radius 2 is 1.92 bits per heavy atom. The first kappa shape index (κ1) is 15.9. The molecular weight excluding hydrogens is 304 g/mol. The van der Waals surface area contributed by atoms with Gasteiger partial charge in [-0.1, -0.05) is 25.1 Å². The van der Waals surface area contributed by atoms with E-state index in [1.165, 1.54) is 0 Å². The quantitative estimate of drug-likeness (QED) is 0.727. The van der Waals surface area contributed by atoms with Crippen LogP contribution in [0.5, 0.6) is 23.0 Å². The molecule has 0 unspecified atom stereocenters. The monoisotopic (exact) mass is 324 g/mol. The molecule has 3 rings (SSSR count). The lowest BCUT2D eigenvalue weighted by Crippen LogP contribution is -1.93. The number of aromatic amines is 1. The van der Waals surface area contributed by atoms with Crippen LogP contribution >= 0.6 is 0 Å². The highest BCUT2D eigenvalue weighted by molar-refractivity contribution is 5.75. The third-order valence-corrected chi connectivity index (χ3v) is 3.89. The smallest absolute Gasteiger partial charge is 0.176 e. The summed E-state index contributed by atoms with van der Waals surface area (Å²) in [5.41, 5.74) is 2.98. The molecule has 3 aromatic rings. The van der Waals surface area contributed by atoms with Crippen LogP contribution in [-0.4, -0.2) is 22.4 Å². The van der Waals surface area contributed by atoms with E-state index in [9.17, 15) is 5.11 Å². The highest BCUT2D eigenvalue weighted by atomic mass is 16.5. The average Bonchev–Trinajstić information content (AvgIpc) is 2.96. The third-order valence-electron chi connectivity index (χ3n) is 3.89. The van der Waals surface area contributed by atoms with Gasteiger partial charge in [-0.2, -0.15) is 5.10 Å². The molecule has 5 nitrogen and oxygen atoms in total. The van der Waals surface area contributed by atoms with Crippen LogP contribution in [-0.2, 0) is 6.42 Å². The van der Waals surface area contributed by atoms with Crippen LogP contribution in [0.4, 0.5) is 0 Å². The molecule has 0 aliphatic heterocycles. The van der Waals surface area contributed by atoms with Crippen molar-refractivity contribution in [2.45, 2.75) is 20.3 Å². The molecule has 2 N–H and O–H groups in total. The molecule has 0 bridgehead atoms. The molecule has 124 valence electrons. The second-order valence-corrected chi connectivity index (χ2v) is 5.48. The van der Waals surface area contributed by atoms with Gasteiger partial charge in [-0.15, -0.1) is 0 Å². The zero-order valence-corrected chi connectivity index (χ0v) is 14.0. The molecule has 24 heavy (non-hydrogen) atoms. The summed E-state index contributed by atoms with van der Waals surface area (Å²) in [7, 11) is 1.59. The lowest BCUT2D eigenvalue weighted by molar-refractivity contribution is 0.403. The molecule has 0 saturated carbocycles. The molecule has 0 spiro atoms. The van der Waals surface area contributed by atoms with Crippen LogP contribution in [0.25, 0.3) is 11.3 Å². The summed E-state index contributed by atoms with van der Waals surface area (Å²) in [6.45, 7) is 3.92. The number of hydrogen-bond donors (Lipinski definition) is 2. The van der Waals surface area contributed by atoms with Gasteiger partial charge < -0.3 is 14.6 Å².